The van der Waals surface area contributed by atoms with Crippen LogP contribution in [0.4, 0.5) is 5.69 Å². The molecule has 0 saturated heterocycles. The molecule has 4 heterocycles. The molecule has 0 fully saturated rings. The number of nitrogens with two attached hydrogens (primary N) is 1. The van der Waals surface area contributed by atoms with E-state index in [-0.39, 0.29) is 0 Å². The number of hydrogen-bond acceptors (Lipinski definition) is 7. The number of benzene rings is 1. The summed E-state index contributed by atoms with van der Waals surface area (Å²) in [5.41, 5.74) is 11.4. The van der Waals surface area contributed by atoms with E-state index in [1.165, 1.54) is 11.3 Å². The van der Waals surface area contributed by atoms with E-state index in [0.29, 0.717) is 27.9 Å². The van der Waals surface area contributed by atoms with E-state index in [9.17, 15) is 4.55 Å². The van der Waals surface area contributed by atoms with Gasteiger partial charge in [0, 0.05) is 54.1 Å². The van der Waals surface area contributed by atoms with Gasteiger partial charge >= 0.3 is 0 Å². The van der Waals surface area contributed by atoms with Crippen molar-refractivity contribution in [1.29, 1.82) is 0 Å². The Morgan fingerprint density at radius 1 is 1.19 bits per heavy atom. The van der Waals surface area contributed by atoms with Gasteiger partial charge in [-0.2, -0.15) is 5.10 Å². The molecule has 0 radical (unpaired) electrons. The Bertz CT molecular complexity index is 1410. The van der Waals surface area contributed by atoms with Gasteiger partial charge in [0.1, 0.15) is 16.3 Å². The molecule has 1 atom stereocenters. The van der Waals surface area contributed by atoms with Gasteiger partial charge in [-0.15, -0.1) is 0 Å². The standard InChI is InChI=1S/C23H21N5O2S2/c1-28-13-16-10-15(12-25-21(16)27-28)18-11-17(14-6-4-3-5-7-14)19-20(24)23(31-22(19)26-18)32(29)9-8-30-2/h3-7,10-13H,8-9,24H2,1-2H3/t32-/m0/s1. The van der Waals surface area contributed by atoms with Crippen molar-refractivity contribution in [3.05, 3.63) is 54.9 Å². The van der Waals surface area contributed by atoms with Crippen LogP contribution in [0.1, 0.15) is 0 Å². The molecule has 5 aromatic rings. The van der Waals surface area contributed by atoms with Crippen molar-refractivity contribution in [1.82, 2.24) is 19.7 Å². The van der Waals surface area contributed by atoms with Gasteiger partial charge in [-0.1, -0.05) is 41.7 Å². The number of rotatable bonds is 6. The Kier molecular flexibility index (Phi) is 5.56. The summed E-state index contributed by atoms with van der Waals surface area (Å²) in [6.45, 7) is 0.404. The molecule has 1 aromatic carbocycles. The Labute approximate surface area is 192 Å². The molecule has 32 heavy (non-hydrogen) atoms. The van der Waals surface area contributed by atoms with Crippen molar-refractivity contribution in [2.45, 2.75) is 4.21 Å². The van der Waals surface area contributed by atoms with Gasteiger partial charge in [-0.05, 0) is 23.3 Å². The molecule has 0 amide bonds. The second-order valence-corrected chi connectivity index (χ2v) is 10.2. The lowest BCUT2D eigenvalue weighted by molar-refractivity contribution is 0.217. The highest BCUT2D eigenvalue weighted by Crippen LogP contribution is 2.43. The fraction of sp³-hybridized carbons (Fsp3) is 0.174. The minimum Gasteiger partial charge on any atom is -0.611 e. The summed E-state index contributed by atoms with van der Waals surface area (Å²) in [6.07, 6.45) is 3.72. The van der Waals surface area contributed by atoms with Crippen LogP contribution >= 0.6 is 11.3 Å². The Hall–Kier alpha value is -2.98. The molecule has 162 valence electrons. The Morgan fingerprint density at radius 2 is 2.00 bits per heavy atom. The summed E-state index contributed by atoms with van der Waals surface area (Å²) in [7, 11) is 3.47. The van der Waals surface area contributed by atoms with Gasteiger partial charge in [0.15, 0.2) is 5.65 Å². The summed E-state index contributed by atoms with van der Waals surface area (Å²) in [5.74, 6) is 0.392. The van der Waals surface area contributed by atoms with Crippen LogP contribution < -0.4 is 5.73 Å². The summed E-state index contributed by atoms with van der Waals surface area (Å²) >= 11 is 0.125. The van der Waals surface area contributed by atoms with E-state index < -0.39 is 11.2 Å². The van der Waals surface area contributed by atoms with Crippen molar-refractivity contribution in [2.24, 2.45) is 7.05 Å². The number of anilines is 1. The average Bonchev–Trinajstić information content (AvgIpc) is 3.35. The number of ether oxygens (including phenoxy) is 1. The largest absolute Gasteiger partial charge is 0.611 e. The third-order valence-corrected chi connectivity index (χ3v) is 8.07. The first-order chi connectivity index (χ1) is 15.5. The number of nitrogens with zero attached hydrogens (tertiary/aromatic N) is 4. The lowest BCUT2D eigenvalue weighted by atomic mass is 10.0. The summed E-state index contributed by atoms with van der Waals surface area (Å²) in [4.78, 5) is 10.1. The molecular formula is C23H21N5O2S2. The van der Waals surface area contributed by atoms with E-state index in [1.54, 1.807) is 18.0 Å². The van der Waals surface area contributed by atoms with Gasteiger partial charge < -0.3 is 15.0 Å². The van der Waals surface area contributed by atoms with E-state index in [4.69, 9.17) is 15.5 Å². The molecule has 0 aliphatic heterocycles. The zero-order valence-electron chi connectivity index (χ0n) is 17.6. The van der Waals surface area contributed by atoms with Crippen molar-refractivity contribution in [3.63, 3.8) is 0 Å². The van der Waals surface area contributed by atoms with Gasteiger partial charge in [0.05, 0.1) is 12.3 Å². The smallest absolute Gasteiger partial charge is 0.232 e. The average molecular weight is 464 g/mol. The molecule has 0 unspecified atom stereocenters. The number of aromatic nitrogens is 4. The normalized spacial score (nSPS) is 12.6. The molecule has 4 aromatic heterocycles. The van der Waals surface area contributed by atoms with Crippen LogP contribution in [0.25, 0.3) is 43.6 Å². The first-order valence-electron chi connectivity index (χ1n) is 10.0. The Balaban J connectivity index is 1.72. The van der Waals surface area contributed by atoms with Gasteiger partial charge in [-0.3, -0.25) is 4.68 Å². The molecule has 9 heteroatoms. The highest BCUT2D eigenvalue weighted by Gasteiger charge is 2.25. The summed E-state index contributed by atoms with van der Waals surface area (Å²) in [5, 5.41) is 6.13. The lowest BCUT2D eigenvalue weighted by Gasteiger charge is -2.09. The van der Waals surface area contributed by atoms with Crippen molar-refractivity contribution in [3.8, 4) is 22.4 Å². The minimum atomic E-state index is -1.25. The van der Waals surface area contributed by atoms with E-state index in [0.717, 1.165) is 38.0 Å². The fourth-order valence-electron chi connectivity index (χ4n) is 3.69. The van der Waals surface area contributed by atoms with Gasteiger partial charge in [-0.25, -0.2) is 9.97 Å². The molecule has 5 rings (SSSR count). The van der Waals surface area contributed by atoms with Crippen LogP contribution in [0, 0.1) is 0 Å². The van der Waals surface area contributed by atoms with Crippen LogP contribution in [0.5, 0.6) is 0 Å². The van der Waals surface area contributed by atoms with E-state index >= 15 is 0 Å². The maximum Gasteiger partial charge on any atom is 0.232 e. The van der Waals surface area contributed by atoms with Crippen LogP contribution in [-0.2, 0) is 23.0 Å². The van der Waals surface area contributed by atoms with Crippen molar-refractivity contribution >= 4 is 49.5 Å². The number of fused-ring (bicyclic) bond motifs is 2. The highest BCUT2D eigenvalue weighted by atomic mass is 32.2. The molecular weight excluding hydrogens is 442 g/mol. The predicted molar refractivity (Wildman–Crippen MR) is 130 cm³/mol. The maximum atomic E-state index is 12.9. The van der Waals surface area contributed by atoms with E-state index in [1.807, 2.05) is 55.7 Å². The molecule has 0 aliphatic rings. The first kappa shape index (κ1) is 20.9. The van der Waals surface area contributed by atoms with Crippen molar-refractivity contribution < 1.29 is 9.29 Å². The first-order valence-corrected chi connectivity index (χ1v) is 12.1. The molecule has 0 spiro atoms. The van der Waals surface area contributed by atoms with Crippen molar-refractivity contribution in [2.75, 3.05) is 25.2 Å². The second kappa shape index (κ2) is 8.51. The summed E-state index contributed by atoms with van der Waals surface area (Å²) < 4.78 is 20.3. The number of methoxy groups -OCH3 is 1. The lowest BCUT2D eigenvalue weighted by Crippen LogP contribution is -2.11. The zero-order chi connectivity index (χ0) is 22.2. The van der Waals surface area contributed by atoms with Gasteiger partial charge in [0.2, 0.25) is 4.21 Å². The number of thiophene rings is 1. The molecule has 7 nitrogen and oxygen atoms in total. The van der Waals surface area contributed by atoms with Gasteiger partial charge in [0.25, 0.3) is 0 Å². The quantitative estimate of drug-likeness (QED) is 0.378. The van der Waals surface area contributed by atoms with E-state index in [2.05, 4.69) is 10.1 Å². The SMILES string of the molecule is COCC[S@+]([O-])c1sc2nc(-c3cnc4nn(C)cc4c3)cc(-c3ccccc3)c2c1N. The maximum absolute atomic E-state index is 12.9. The number of hydrogen-bond donors (Lipinski definition) is 1. The monoisotopic (exact) mass is 463 g/mol. The molecule has 0 saturated carbocycles. The Morgan fingerprint density at radius 3 is 2.78 bits per heavy atom. The van der Waals surface area contributed by atoms with Crippen LogP contribution in [0.2, 0.25) is 0 Å². The minimum absolute atomic E-state index is 0.392. The summed E-state index contributed by atoms with van der Waals surface area (Å²) in [6, 6.07) is 14.1. The second-order valence-electron chi connectivity index (χ2n) is 7.39. The number of nitrogen functional groups attached to an aromatic ring is 1. The van der Waals surface area contributed by atoms with Crippen LogP contribution in [0.3, 0.4) is 0 Å². The van der Waals surface area contributed by atoms with Crippen LogP contribution in [-0.4, -0.2) is 43.8 Å². The highest BCUT2D eigenvalue weighted by molar-refractivity contribution is 7.93. The van der Waals surface area contributed by atoms with Crippen LogP contribution in [0.15, 0.2) is 59.1 Å². The molecule has 2 N–H and O–H groups in total. The zero-order valence-corrected chi connectivity index (χ0v) is 19.2. The topological polar surface area (TPSA) is 102 Å². The number of pyridine rings is 2. The molecule has 0 bridgehead atoms. The third-order valence-electron chi connectivity index (χ3n) is 5.20. The number of aryl methyl sites for hydroxylation is 1. The predicted octanol–water partition coefficient (Wildman–Crippen LogP) is 4.25. The fourth-order valence-corrected chi connectivity index (χ4v) is 6.25. The molecule has 0 aliphatic carbocycles. The third kappa shape index (κ3) is 3.73.